The van der Waals surface area contributed by atoms with Crippen LogP contribution in [-0.4, -0.2) is 27.5 Å². The molecular formula is C19H19N3O4. The maximum absolute atomic E-state index is 12.6. The molecule has 0 bridgehead atoms. The lowest BCUT2D eigenvalue weighted by Gasteiger charge is -2.17. The third-order valence-corrected chi connectivity index (χ3v) is 3.84. The molecule has 1 amide bonds. The molecule has 0 unspecified atom stereocenters. The molecule has 0 spiro atoms. The number of carbonyl (C=O) groups excluding carboxylic acids is 1. The molecule has 0 atom stereocenters. The summed E-state index contributed by atoms with van der Waals surface area (Å²) in [5, 5.41) is 3.98. The number of carbonyl (C=O) groups is 1. The van der Waals surface area contributed by atoms with Crippen molar-refractivity contribution in [3.05, 3.63) is 69.6 Å². The van der Waals surface area contributed by atoms with Crippen molar-refractivity contribution in [1.29, 1.82) is 0 Å². The van der Waals surface area contributed by atoms with Gasteiger partial charge in [0, 0.05) is 24.2 Å². The largest absolute Gasteiger partial charge is 0.456 e. The van der Waals surface area contributed by atoms with Gasteiger partial charge >= 0.3 is 0 Å². The minimum atomic E-state index is -0.399. The lowest BCUT2D eigenvalue weighted by molar-refractivity contribution is 0.0698. The molecule has 0 saturated heterocycles. The van der Waals surface area contributed by atoms with Crippen molar-refractivity contribution in [2.45, 2.75) is 27.3 Å². The average Bonchev–Trinajstić information content (AvgIpc) is 3.07. The number of hydrogen-bond acceptors (Lipinski definition) is 6. The molecule has 0 N–H and O–H groups in total. The predicted octanol–water partition coefficient (Wildman–Crippen LogP) is 2.97. The number of hydrogen-bond donors (Lipinski definition) is 0. The van der Waals surface area contributed by atoms with E-state index in [1.54, 1.807) is 6.92 Å². The summed E-state index contributed by atoms with van der Waals surface area (Å²) in [6.07, 6.45) is 0. The van der Waals surface area contributed by atoms with Gasteiger partial charge in [-0.3, -0.25) is 9.59 Å². The molecule has 0 saturated carbocycles. The van der Waals surface area contributed by atoms with E-state index in [1.165, 1.54) is 17.0 Å². The Labute approximate surface area is 150 Å². The summed E-state index contributed by atoms with van der Waals surface area (Å²) in [6.45, 7) is 5.96. The van der Waals surface area contributed by atoms with Crippen LogP contribution in [0.5, 0.6) is 0 Å². The summed E-state index contributed by atoms with van der Waals surface area (Å²) >= 11 is 0. The molecule has 0 fully saturated rings. The number of aromatic nitrogens is 2. The van der Waals surface area contributed by atoms with Crippen LogP contribution >= 0.6 is 0 Å². The van der Waals surface area contributed by atoms with Gasteiger partial charge in [-0.2, -0.15) is 4.98 Å². The van der Waals surface area contributed by atoms with E-state index in [-0.39, 0.29) is 17.7 Å². The lowest BCUT2D eigenvalue weighted by Crippen LogP contribution is -2.31. The first-order valence-electron chi connectivity index (χ1n) is 8.27. The van der Waals surface area contributed by atoms with Crippen molar-refractivity contribution in [2.24, 2.45) is 0 Å². The Balaban J connectivity index is 1.80. The highest BCUT2D eigenvalue weighted by molar-refractivity contribution is 5.91. The molecule has 26 heavy (non-hydrogen) atoms. The molecular weight excluding hydrogens is 334 g/mol. The highest BCUT2D eigenvalue weighted by Gasteiger charge is 2.21. The third-order valence-electron chi connectivity index (χ3n) is 3.84. The monoisotopic (exact) mass is 353 g/mol. The fraction of sp³-hybridized carbons (Fsp3) is 0.263. The SMILES string of the molecule is CCN(Cc1nc(-c2cccc(C)c2)no1)C(=O)c1cc(=O)cc(C)o1. The van der Waals surface area contributed by atoms with Crippen molar-refractivity contribution < 1.29 is 13.7 Å². The first kappa shape index (κ1) is 17.6. The van der Waals surface area contributed by atoms with Gasteiger partial charge in [0.1, 0.15) is 12.3 Å². The molecule has 7 nitrogen and oxygen atoms in total. The van der Waals surface area contributed by atoms with Crippen LogP contribution in [-0.2, 0) is 6.54 Å². The summed E-state index contributed by atoms with van der Waals surface area (Å²) in [7, 11) is 0. The first-order chi connectivity index (χ1) is 12.5. The second-order valence-electron chi connectivity index (χ2n) is 5.97. The molecule has 7 heteroatoms. The van der Waals surface area contributed by atoms with Crippen LogP contribution in [0.2, 0.25) is 0 Å². The fourth-order valence-corrected chi connectivity index (χ4v) is 2.58. The second kappa shape index (κ2) is 7.35. The number of nitrogens with zero attached hydrogens (tertiary/aromatic N) is 3. The molecule has 3 aromatic rings. The number of amides is 1. The summed E-state index contributed by atoms with van der Waals surface area (Å²) in [6, 6.07) is 10.3. The summed E-state index contributed by atoms with van der Waals surface area (Å²) in [5.74, 6) is 0.760. The van der Waals surface area contributed by atoms with Crippen LogP contribution in [0.4, 0.5) is 0 Å². The summed E-state index contributed by atoms with van der Waals surface area (Å²) in [5.41, 5.74) is 1.67. The van der Waals surface area contributed by atoms with Gasteiger partial charge < -0.3 is 13.8 Å². The van der Waals surface area contributed by atoms with Crippen molar-refractivity contribution in [3.63, 3.8) is 0 Å². The Morgan fingerprint density at radius 1 is 1.19 bits per heavy atom. The van der Waals surface area contributed by atoms with Crippen molar-refractivity contribution in [3.8, 4) is 11.4 Å². The Kier molecular flexibility index (Phi) is 4.97. The van der Waals surface area contributed by atoms with E-state index in [9.17, 15) is 9.59 Å². The zero-order valence-electron chi connectivity index (χ0n) is 14.9. The topological polar surface area (TPSA) is 89.4 Å². The van der Waals surface area contributed by atoms with Crippen LogP contribution in [0.1, 0.15) is 34.7 Å². The molecule has 0 aliphatic carbocycles. The molecule has 0 radical (unpaired) electrons. The smallest absolute Gasteiger partial charge is 0.290 e. The van der Waals surface area contributed by atoms with Gasteiger partial charge in [0.15, 0.2) is 11.2 Å². The molecule has 3 rings (SSSR count). The van der Waals surface area contributed by atoms with Crippen LogP contribution in [0.25, 0.3) is 11.4 Å². The molecule has 2 aromatic heterocycles. The first-order valence-corrected chi connectivity index (χ1v) is 8.27. The van der Waals surface area contributed by atoms with Gasteiger partial charge in [0.05, 0.1) is 0 Å². The minimum absolute atomic E-state index is 0.00438. The van der Waals surface area contributed by atoms with Gasteiger partial charge in [-0.05, 0) is 26.8 Å². The minimum Gasteiger partial charge on any atom is -0.456 e. The van der Waals surface area contributed by atoms with Crippen LogP contribution < -0.4 is 5.43 Å². The maximum Gasteiger partial charge on any atom is 0.290 e. The zero-order chi connectivity index (χ0) is 18.7. The Morgan fingerprint density at radius 3 is 2.69 bits per heavy atom. The average molecular weight is 353 g/mol. The van der Waals surface area contributed by atoms with E-state index >= 15 is 0 Å². The van der Waals surface area contributed by atoms with Gasteiger partial charge in [-0.1, -0.05) is 28.9 Å². The van der Waals surface area contributed by atoms with Gasteiger partial charge in [-0.15, -0.1) is 0 Å². The number of aryl methyl sites for hydroxylation is 2. The van der Waals surface area contributed by atoms with Crippen LogP contribution in [0, 0.1) is 13.8 Å². The Hall–Kier alpha value is -3.22. The normalized spacial score (nSPS) is 10.7. The van der Waals surface area contributed by atoms with E-state index < -0.39 is 5.91 Å². The van der Waals surface area contributed by atoms with Crippen LogP contribution in [0.15, 0.2) is 50.1 Å². The van der Waals surface area contributed by atoms with Gasteiger partial charge in [-0.25, -0.2) is 0 Å². The van der Waals surface area contributed by atoms with E-state index in [4.69, 9.17) is 8.94 Å². The van der Waals surface area contributed by atoms with E-state index in [2.05, 4.69) is 10.1 Å². The maximum atomic E-state index is 12.6. The summed E-state index contributed by atoms with van der Waals surface area (Å²) < 4.78 is 10.6. The quantitative estimate of drug-likeness (QED) is 0.700. The molecule has 134 valence electrons. The van der Waals surface area contributed by atoms with Crippen LogP contribution in [0.3, 0.4) is 0 Å². The van der Waals surface area contributed by atoms with Gasteiger partial charge in [0.25, 0.3) is 5.91 Å². The fourth-order valence-electron chi connectivity index (χ4n) is 2.58. The van der Waals surface area contributed by atoms with Crippen molar-refractivity contribution in [2.75, 3.05) is 6.54 Å². The highest BCUT2D eigenvalue weighted by atomic mass is 16.5. The van der Waals surface area contributed by atoms with Crippen molar-refractivity contribution >= 4 is 5.91 Å². The molecule has 0 aliphatic rings. The lowest BCUT2D eigenvalue weighted by atomic mass is 10.1. The molecule has 2 heterocycles. The van der Waals surface area contributed by atoms with E-state index in [1.807, 2.05) is 38.1 Å². The summed E-state index contributed by atoms with van der Waals surface area (Å²) in [4.78, 5) is 30.0. The van der Waals surface area contributed by atoms with Crippen molar-refractivity contribution in [1.82, 2.24) is 15.0 Å². The number of rotatable bonds is 5. The number of benzene rings is 1. The van der Waals surface area contributed by atoms with Gasteiger partial charge in [0.2, 0.25) is 11.7 Å². The predicted molar refractivity (Wildman–Crippen MR) is 94.6 cm³/mol. The second-order valence-corrected chi connectivity index (χ2v) is 5.97. The third kappa shape index (κ3) is 3.88. The standard InChI is InChI=1S/C19H19N3O4/c1-4-22(19(24)16-10-15(23)9-13(3)25-16)11-17-20-18(21-26-17)14-7-5-6-12(2)8-14/h5-10H,4,11H2,1-3H3. The Morgan fingerprint density at radius 2 is 2.00 bits per heavy atom. The van der Waals surface area contributed by atoms with E-state index in [0.29, 0.717) is 24.0 Å². The zero-order valence-corrected chi connectivity index (χ0v) is 14.9. The highest BCUT2D eigenvalue weighted by Crippen LogP contribution is 2.18. The molecule has 0 aliphatic heterocycles. The van der Waals surface area contributed by atoms with E-state index in [0.717, 1.165) is 11.1 Å². The Bertz CT molecular complexity index is 990. The molecule has 1 aromatic carbocycles.